The van der Waals surface area contributed by atoms with Gasteiger partial charge in [-0.2, -0.15) is 10.1 Å². The topological polar surface area (TPSA) is 119 Å². The van der Waals surface area contributed by atoms with E-state index in [1.165, 1.54) is 18.6 Å². The predicted octanol–water partition coefficient (Wildman–Crippen LogP) is 2.13. The highest BCUT2D eigenvalue weighted by Crippen LogP contribution is 2.33. The SMILES string of the molecule is C=NC(=N/C(=C\C)NC1CC(C2CC2)=NN1)Nc1ccc(S(=O)(=O)NC2CC2)cc1. The molecule has 4 rings (SSSR count). The van der Waals surface area contributed by atoms with Crippen LogP contribution in [0.2, 0.25) is 0 Å². The minimum absolute atomic E-state index is 0.00470. The number of hydrazone groups is 1. The maximum atomic E-state index is 12.3. The zero-order chi connectivity index (χ0) is 21.1. The quantitative estimate of drug-likeness (QED) is 0.373. The van der Waals surface area contributed by atoms with Crippen molar-refractivity contribution in [3.63, 3.8) is 0 Å². The third kappa shape index (κ3) is 5.25. The van der Waals surface area contributed by atoms with Gasteiger partial charge in [0.25, 0.3) is 0 Å². The van der Waals surface area contributed by atoms with Crippen molar-refractivity contribution in [2.45, 2.75) is 56.1 Å². The molecule has 0 amide bonds. The van der Waals surface area contributed by atoms with Gasteiger partial charge in [-0.3, -0.25) is 5.43 Å². The first-order valence-electron chi connectivity index (χ1n) is 10.2. The van der Waals surface area contributed by atoms with Crippen LogP contribution in [0.5, 0.6) is 0 Å². The number of rotatable bonds is 8. The molecule has 0 saturated heterocycles. The molecule has 2 saturated carbocycles. The van der Waals surface area contributed by atoms with Crippen molar-refractivity contribution in [2.24, 2.45) is 21.0 Å². The number of sulfonamides is 1. The Hall–Kier alpha value is -2.72. The van der Waals surface area contributed by atoms with Crippen LogP contribution in [0, 0.1) is 5.92 Å². The molecule has 0 spiro atoms. The first-order chi connectivity index (χ1) is 14.5. The third-order valence-electron chi connectivity index (χ3n) is 5.12. The molecule has 4 N–H and O–H groups in total. The molecular formula is C20H27N7O2S. The largest absolute Gasteiger partial charge is 0.349 e. The van der Waals surface area contributed by atoms with E-state index in [0.29, 0.717) is 23.4 Å². The summed E-state index contributed by atoms with van der Waals surface area (Å²) in [6.07, 6.45) is 6.96. The number of allylic oxidation sites excluding steroid dienone is 1. The molecule has 2 fully saturated rings. The van der Waals surface area contributed by atoms with Crippen LogP contribution >= 0.6 is 0 Å². The van der Waals surface area contributed by atoms with Crippen LogP contribution in [0.4, 0.5) is 5.69 Å². The van der Waals surface area contributed by atoms with Crippen LogP contribution in [0.3, 0.4) is 0 Å². The fraction of sp³-hybridized carbons (Fsp3) is 0.450. The van der Waals surface area contributed by atoms with Gasteiger partial charge in [0.05, 0.1) is 4.90 Å². The summed E-state index contributed by atoms with van der Waals surface area (Å²) in [4.78, 5) is 8.66. The van der Waals surface area contributed by atoms with Crippen molar-refractivity contribution in [2.75, 3.05) is 5.32 Å². The van der Waals surface area contributed by atoms with Crippen molar-refractivity contribution >= 4 is 34.1 Å². The first-order valence-corrected chi connectivity index (χ1v) is 11.6. The lowest BCUT2D eigenvalue weighted by atomic mass is 10.1. The van der Waals surface area contributed by atoms with Gasteiger partial charge in [-0.25, -0.2) is 18.1 Å². The molecular weight excluding hydrogens is 402 g/mol. The second kappa shape index (κ2) is 8.57. The number of anilines is 1. The Kier molecular flexibility index (Phi) is 5.87. The molecule has 2 aliphatic carbocycles. The monoisotopic (exact) mass is 429 g/mol. The second-order valence-corrected chi connectivity index (χ2v) is 9.43. The number of hydrogen-bond acceptors (Lipinski definition) is 6. The molecule has 1 heterocycles. The Morgan fingerprint density at radius 3 is 2.57 bits per heavy atom. The molecule has 30 heavy (non-hydrogen) atoms. The van der Waals surface area contributed by atoms with E-state index < -0.39 is 10.0 Å². The Morgan fingerprint density at radius 2 is 1.97 bits per heavy atom. The summed E-state index contributed by atoms with van der Waals surface area (Å²) in [5, 5.41) is 10.8. The number of guanidine groups is 1. The lowest BCUT2D eigenvalue weighted by molar-refractivity contribution is 0.514. The summed E-state index contributed by atoms with van der Waals surface area (Å²) in [5.41, 5.74) is 5.00. The van der Waals surface area contributed by atoms with E-state index in [-0.39, 0.29) is 17.1 Å². The second-order valence-electron chi connectivity index (χ2n) is 7.72. The van der Waals surface area contributed by atoms with E-state index in [9.17, 15) is 8.42 Å². The van der Waals surface area contributed by atoms with Gasteiger partial charge in [0, 0.05) is 23.9 Å². The van der Waals surface area contributed by atoms with Crippen molar-refractivity contribution in [1.82, 2.24) is 15.5 Å². The zero-order valence-electron chi connectivity index (χ0n) is 16.9. The Bertz CT molecular complexity index is 990. The molecule has 1 aromatic rings. The van der Waals surface area contributed by atoms with Crippen LogP contribution < -0.4 is 20.8 Å². The van der Waals surface area contributed by atoms with Gasteiger partial charge < -0.3 is 10.6 Å². The predicted molar refractivity (Wildman–Crippen MR) is 119 cm³/mol. The highest BCUT2D eigenvalue weighted by Gasteiger charge is 2.32. The molecule has 160 valence electrons. The van der Waals surface area contributed by atoms with Gasteiger partial charge in [-0.15, -0.1) is 0 Å². The van der Waals surface area contributed by atoms with Gasteiger partial charge in [-0.1, -0.05) is 0 Å². The summed E-state index contributed by atoms with van der Waals surface area (Å²) in [6, 6.07) is 6.55. The van der Waals surface area contributed by atoms with E-state index in [1.807, 2.05) is 13.0 Å². The fourth-order valence-electron chi connectivity index (χ4n) is 3.13. The number of nitrogens with zero attached hydrogens (tertiary/aromatic N) is 3. The van der Waals surface area contributed by atoms with Crippen molar-refractivity contribution in [3.05, 3.63) is 36.2 Å². The van der Waals surface area contributed by atoms with E-state index in [4.69, 9.17) is 0 Å². The summed E-state index contributed by atoms with van der Waals surface area (Å²) < 4.78 is 27.2. The molecule has 0 aromatic heterocycles. The molecule has 1 unspecified atom stereocenters. The van der Waals surface area contributed by atoms with E-state index in [2.05, 4.69) is 42.6 Å². The van der Waals surface area contributed by atoms with Gasteiger partial charge in [0.15, 0.2) is 0 Å². The van der Waals surface area contributed by atoms with E-state index >= 15 is 0 Å². The van der Waals surface area contributed by atoms with Crippen molar-refractivity contribution in [1.29, 1.82) is 0 Å². The lowest BCUT2D eigenvalue weighted by Gasteiger charge is -2.15. The Morgan fingerprint density at radius 1 is 1.23 bits per heavy atom. The van der Waals surface area contributed by atoms with Crippen LogP contribution in [0.1, 0.15) is 39.0 Å². The molecule has 1 atom stereocenters. The highest BCUT2D eigenvalue weighted by atomic mass is 32.2. The van der Waals surface area contributed by atoms with Crippen LogP contribution in [-0.2, 0) is 10.0 Å². The summed E-state index contributed by atoms with van der Waals surface area (Å²) in [7, 11) is -3.47. The van der Waals surface area contributed by atoms with Crippen molar-refractivity contribution in [3.8, 4) is 0 Å². The summed E-state index contributed by atoms with van der Waals surface area (Å²) in [5.74, 6) is 1.59. The van der Waals surface area contributed by atoms with Crippen LogP contribution in [-0.4, -0.2) is 39.0 Å². The smallest absolute Gasteiger partial charge is 0.240 e. The maximum absolute atomic E-state index is 12.3. The molecule has 3 aliphatic rings. The highest BCUT2D eigenvalue weighted by molar-refractivity contribution is 7.89. The van der Waals surface area contributed by atoms with Crippen LogP contribution in [0.15, 0.2) is 56.1 Å². The third-order valence-corrected chi connectivity index (χ3v) is 6.65. The number of hydrogen-bond donors (Lipinski definition) is 4. The Balaban J connectivity index is 1.36. The van der Waals surface area contributed by atoms with Gasteiger partial charge in [0.2, 0.25) is 16.0 Å². The summed E-state index contributed by atoms with van der Waals surface area (Å²) in [6.45, 7) is 5.46. The van der Waals surface area contributed by atoms with Crippen molar-refractivity contribution < 1.29 is 8.42 Å². The normalized spacial score (nSPS) is 22.3. The fourth-order valence-corrected chi connectivity index (χ4v) is 4.43. The molecule has 0 bridgehead atoms. The number of benzene rings is 1. The van der Waals surface area contributed by atoms with Crippen LogP contribution in [0.25, 0.3) is 0 Å². The van der Waals surface area contributed by atoms with Gasteiger partial charge >= 0.3 is 0 Å². The molecule has 10 heteroatoms. The first kappa shape index (κ1) is 20.5. The van der Waals surface area contributed by atoms with E-state index in [0.717, 1.165) is 19.3 Å². The zero-order valence-corrected chi connectivity index (χ0v) is 17.7. The van der Waals surface area contributed by atoms with E-state index in [1.54, 1.807) is 24.3 Å². The van der Waals surface area contributed by atoms with Gasteiger partial charge in [0.1, 0.15) is 12.0 Å². The minimum Gasteiger partial charge on any atom is -0.349 e. The standard InChI is InChI=1S/C20H27N7O2S/c1-3-18(23-19-12-17(25-26-19)13-4-5-13)24-20(21-2)22-14-8-10-16(11-9-14)30(28,29)27-15-6-7-15/h3,8-11,13,15,19,23,26-27H,2,4-7,12H2,1H3,(H,22,24)/b18-3-. The number of aliphatic imine (C=N–C) groups is 2. The molecule has 9 nitrogen and oxygen atoms in total. The molecule has 1 aromatic carbocycles. The maximum Gasteiger partial charge on any atom is 0.240 e. The van der Waals surface area contributed by atoms with Gasteiger partial charge in [-0.05, 0) is 75.6 Å². The summed E-state index contributed by atoms with van der Waals surface area (Å²) >= 11 is 0. The molecule has 0 radical (unpaired) electrons. The Labute approximate surface area is 176 Å². The average molecular weight is 430 g/mol. The number of nitrogens with one attached hydrogen (secondary N) is 4. The minimum atomic E-state index is -3.47. The average Bonchev–Trinajstić information content (AvgIpc) is 3.67. The lowest BCUT2D eigenvalue weighted by Crippen LogP contribution is -2.36. The molecule has 1 aliphatic heterocycles.